The van der Waals surface area contributed by atoms with Crippen molar-refractivity contribution in [2.75, 3.05) is 17.1 Å². The monoisotopic (exact) mass is 477 g/mol. The van der Waals surface area contributed by atoms with Crippen molar-refractivity contribution in [1.29, 1.82) is 0 Å². The molecule has 0 aliphatic heterocycles. The van der Waals surface area contributed by atoms with E-state index in [2.05, 4.69) is 25.3 Å². The van der Waals surface area contributed by atoms with Crippen LogP contribution in [-0.4, -0.2) is 36.5 Å². The summed E-state index contributed by atoms with van der Waals surface area (Å²) in [5.74, 6) is 0.573. The number of methoxy groups -OCH3 is 1. The second kappa shape index (κ2) is 11.2. The van der Waals surface area contributed by atoms with E-state index in [1.54, 1.807) is 12.1 Å². The fraction of sp³-hybridized carbons (Fsp3) is 0.429. The number of hydrogen-bond donors (Lipinski definition) is 3. The smallest absolute Gasteiger partial charge is 0.263 e. The van der Waals surface area contributed by atoms with Gasteiger partial charge in [0.2, 0.25) is 11.7 Å². The molecule has 0 radical (unpaired) electrons. The Morgan fingerprint density at radius 3 is 2.50 bits per heavy atom. The van der Waals surface area contributed by atoms with E-state index in [0.717, 1.165) is 6.42 Å². The third-order valence-corrected chi connectivity index (χ3v) is 6.83. The highest BCUT2D eigenvalue weighted by atomic mass is 32.2. The highest BCUT2D eigenvalue weighted by molar-refractivity contribution is 7.92. The topological polar surface area (TPSA) is 122 Å². The standard InChI is InChI=1S/C21H27N5O4S2/c1-30-20-19(22-13-14-23-20)26-32(28,29)17-10-8-16(9-11-17)24-21(31)25-18(27)12-7-15-5-3-2-4-6-15/h8-11,13-15H,2-7,12H2,1H3,(H,22,26)(H2,24,25,27,31). The quantitative estimate of drug-likeness (QED) is 0.494. The van der Waals surface area contributed by atoms with Gasteiger partial charge in [-0.15, -0.1) is 0 Å². The van der Waals surface area contributed by atoms with E-state index in [1.165, 1.54) is 63.7 Å². The molecular weight excluding hydrogens is 450 g/mol. The zero-order chi connectivity index (χ0) is 23.0. The third-order valence-electron chi connectivity index (χ3n) is 5.27. The van der Waals surface area contributed by atoms with Crippen molar-refractivity contribution in [3.63, 3.8) is 0 Å². The number of nitrogens with zero attached hydrogens (tertiary/aromatic N) is 2. The summed E-state index contributed by atoms with van der Waals surface area (Å²) in [7, 11) is -2.52. The fourth-order valence-electron chi connectivity index (χ4n) is 3.61. The largest absolute Gasteiger partial charge is 0.478 e. The minimum Gasteiger partial charge on any atom is -0.478 e. The number of amides is 1. The number of sulfonamides is 1. The lowest BCUT2D eigenvalue weighted by Gasteiger charge is -2.21. The predicted octanol–water partition coefficient (Wildman–Crippen LogP) is 3.46. The van der Waals surface area contributed by atoms with Crippen molar-refractivity contribution in [2.45, 2.75) is 49.8 Å². The van der Waals surface area contributed by atoms with Crippen LogP contribution in [0.1, 0.15) is 44.9 Å². The molecule has 1 aliphatic rings. The maximum atomic E-state index is 12.6. The normalized spacial score (nSPS) is 14.4. The first-order valence-corrected chi connectivity index (χ1v) is 12.4. The molecule has 0 spiro atoms. The van der Waals surface area contributed by atoms with E-state index in [4.69, 9.17) is 17.0 Å². The van der Waals surface area contributed by atoms with Gasteiger partial charge in [0.1, 0.15) is 0 Å². The van der Waals surface area contributed by atoms with Gasteiger partial charge in [-0.1, -0.05) is 32.1 Å². The van der Waals surface area contributed by atoms with E-state index < -0.39 is 10.0 Å². The van der Waals surface area contributed by atoms with Gasteiger partial charge in [0.15, 0.2) is 5.11 Å². The van der Waals surface area contributed by atoms with Crippen molar-refractivity contribution in [3.05, 3.63) is 36.7 Å². The maximum absolute atomic E-state index is 12.6. The van der Waals surface area contributed by atoms with E-state index >= 15 is 0 Å². The number of carbonyl (C=O) groups is 1. The molecule has 172 valence electrons. The summed E-state index contributed by atoms with van der Waals surface area (Å²) in [4.78, 5) is 20.0. The Hall–Kier alpha value is -2.79. The van der Waals surface area contributed by atoms with Crippen LogP contribution in [0.25, 0.3) is 0 Å². The lowest BCUT2D eigenvalue weighted by molar-refractivity contribution is -0.120. The minimum atomic E-state index is -3.89. The number of benzene rings is 1. The van der Waals surface area contributed by atoms with Crippen LogP contribution < -0.4 is 20.1 Å². The molecule has 1 fully saturated rings. The van der Waals surface area contributed by atoms with Crippen LogP contribution in [0, 0.1) is 5.92 Å². The third kappa shape index (κ3) is 6.86. The van der Waals surface area contributed by atoms with Gasteiger partial charge < -0.3 is 15.4 Å². The van der Waals surface area contributed by atoms with Crippen molar-refractivity contribution >= 4 is 44.8 Å². The second-order valence-electron chi connectivity index (χ2n) is 7.59. The van der Waals surface area contributed by atoms with Crippen molar-refractivity contribution in [2.24, 2.45) is 5.92 Å². The Balaban J connectivity index is 1.52. The molecule has 3 N–H and O–H groups in total. The minimum absolute atomic E-state index is 0.00526. The van der Waals surface area contributed by atoms with Crippen LogP contribution in [0.3, 0.4) is 0 Å². The molecule has 0 bridgehead atoms. The van der Waals surface area contributed by atoms with Crippen molar-refractivity contribution < 1.29 is 17.9 Å². The van der Waals surface area contributed by atoms with E-state index in [1.807, 2.05) is 0 Å². The molecule has 1 heterocycles. The van der Waals surface area contributed by atoms with Gasteiger partial charge in [-0.05, 0) is 48.8 Å². The van der Waals surface area contributed by atoms with E-state index in [0.29, 0.717) is 18.0 Å². The van der Waals surface area contributed by atoms with Gasteiger partial charge in [-0.25, -0.2) is 18.4 Å². The number of nitrogens with one attached hydrogen (secondary N) is 3. The van der Waals surface area contributed by atoms with E-state index in [9.17, 15) is 13.2 Å². The average molecular weight is 478 g/mol. The van der Waals surface area contributed by atoms with Gasteiger partial charge in [0.05, 0.1) is 12.0 Å². The van der Waals surface area contributed by atoms with Crippen LogP contribution in [0.5, 0.6) is 5.88 Å². The molecule has 1 amide bonds. The molecule has 0 saturated heterocycles. The molecule has 1 aromatic carbocycles. The molecule has 2 aromatic rings. The number of hydrogen-bond acceptors (Lipinski definition) is 7. The van der Waals surface area contributed by atoms with Gasteiger partial charge in [0.25, 0.3) is 15.9 Å². The van der Waals surface area contributed by atoms with Gasteiger partial charge in [0, 0.05) is 24.5 Å². The summed E-state index contributed by atoms with van der Waals surface area (Å²) in [6.45, 7) is 0. The lowest BCUT2D eigenvalue weighted by atomic mass is 9.86. The Morgan fingerprint density at radius 1 is 1.12 bits per heavy atom. The summed E-state index contributed by atoms with van der Waals surface area (Å²) in [5, 5.41) is 5.76. The van der Waals surface area contributed by atoms with Crippen molar-refractivity contribution in [3.8, 4) is 5.88 Å². The van der Waals surface area contributed by atoms with Gasteiger partial charge in [-0.3, -0.25) is 9.52 Å². The summed E-state index contributed by atoms with van der Waals surface area (Å²) < 4.78 is 32.6. The second-order valence-corrected chi connectivity index (χ2v) is 9.68. The Morgan fingerprint density at radius 2 is 1.81 bits per heavy atom. The number of aromatic nitrogens is 2. The number of carbonyl (C=O) groups excluding carboxylic acids is 1. The summed E-state index contributed by atoms with van der Waals surface area (Å²) in [5.41, 5.74) is 0.554. The highest BCUT2D eigenvalue weighted by Crippen LogP contribution is 2.27. The zero-order valence-electron chi connectivity index (χ0n) is 17.8. The molecule has 11 heteroatoms. The van der Waals surface area contributed by atoms with Crippen LogP contribution in [0.2, 0.25) is 0 Å². The fourth-order valence-corrected chi connectivity index (χ4v) is 4.85. The molecule has 0 unspecified atom stereocenters. The first-order valence-electron chi connectivity index (χ1n) is 10.5. The molecule has 0 atom stereocenters. The van der Waals surface area contributed by atoms with Gasteiger partial charge >= 0.3 is 0 Å². The highest BCUT2D eigenvalue weighted by Gasteiger charge is 2.18. The Kier molecular flexibility index (Phi) is 8.34. The summed E-state index contributed by atoms with van der Waals surface area (Å²) in [6.07, 6.45) is 10.3. The number of thiocarbonyl (C=S) groups is 1. The number of anilines is 2. The molecule has 1 aliphatic carbocycles. The average Bonchev–Trinajstić information content (AvgIpc) is 2.79. The van der Waals surface area contributed by atoms with Crippen LogP contribution in [0.15, 0.2) is 41.6 Å². The molecule has 3 rings (SSSR count). The zero-order valence-corrected chi connectivity index (χ0v) is 19.5. The maximum Gasteiger partial charge on any atom is 0.263 e. The summed E-state index contributed by atoms with van der Waals surface area (Å²) in [6, 6.07) is 5.95. The molecule has 32 heavy (non-hydrogen) atoms. The molecule has 1 aromatic heterocycles. The lowest BCUT2D eigenvalue weighted by Crippen LogP contribution is -2.34. The van der Waals surface area contributed by atoms with Crippen LogP contribution in [0.4, 0.5) is 11.5 Å². The van der Waals surface area contributed by atoms with Gasteiger partial charge in [-0.2, -0.15) is 0 Å². The van der Waals surface area contributed by atoms with Crippen LogP contribution >= 0.6 is 12.2 Å². The SMILES string of the molecule is COc1nccnc1NS(=O)(=O)c1ccc(NC(=S)NC(=O)CCC2CCCCC2)cc1. The van der Waals surface area contributed by atoms with E-state index in [-0.39, 0.29) is 27.6 Å². The Labute approximate surface area is 193 Å². The molecule has 1 saturated carbocycles. The predicted molar refractivity (Wildman–Crippen MR) is 126 cm³/mol. The van der Waals surface area contributed by atoms with Crippen LogP contribution in [-0.2, 0) is 14.8 Å². The number of ether oxygens (including phenoxy) is 1. The first kappa shape index (κ1) is 23.9. The van der Waals surface area contributed by atoms with Crippen molar-refractivity contribution in [1.82, 2.24) is 15.3 Å². The molecule has 9 nitrogen and oxygen atoms in total. The summed E-state index contributed by atoms with van der Waals surface area (Å²) >= 11 is 5.20. The number of rotatable bonds is 8. The Bertz CT molecular complexity index is 1040. The molecular formula is C21H27N5O4S2. The first-order chi connectivity index (χ1) is 15.4.